The average Bonchev–Trinajstić information content (AvgIpc) is 3.19. The van der Waals surface area contributed by atoms with Crippen LogP contribution in [-0.4, -0.2) is 62.2 Å². The Bertz CT molecular complexity index is 1070. The standard InChI is InChI=1S/C19H22N4O5S2.ClH/c1-21(2)11-6-8-18(24)28-23(17-7-4-5-10-20-17)19(25)14-13-15-16(9-12-29-15)30(26,27)22(14)3;/h4-5,7,9-10,12-13H,6,8,11H2,1-3H3;1H. The Morgan fingerprint density at radius 3 is 2.61 bits per heavy atom. The third kappa shape index (κ3) is 5.42. The Labute approximate surface area is 191 Å². The number of aromatic nitrogens is 1. The zero-order valence-corrected chi connectivity index (χ0v) is 19.7. The van der Waals surface area contributed by atoms with Crippen molar-refractivity contribution in [3.05, 3.63) is 46.4 Å². The summed E-state index contributed by atoms with van der Waals surface area (Å²) in [7, 11) is 1.19. The number of hydroxylamine groups is 1. The highest BCUT2D eigenvalue weighted by Gasteiger charge is 2.37. The summed E-state index contributed by atoms with van der Waals surface area (Å²) in [5.74, 6) is -1.35. The van der Waals surface area contributed by atoms with Crippen LogP contribution in [0.3, 0.4) is 0 Å². The first kappa shape index (κ1) is 24.8. The van der Waals surface area contributed by atoms with E-state index in [-0.39, 0.29) is 35.2 Å². The molecule has 0 atom stereocenters. The maximum atomic E-state index is 13.3. The van der Waals surface area contributed by atoms with Crippen molar-refractivity contribution in [3.63, 3.8) is 0 Å². The van der Waals surface area contributed by atoms with E-state index in [1.807, 2.05) is 19.0 Å². The lowest BCUT2D eigenvalue weighted by atomic mass is 10.3. The molecule has 3 heterocycles. The number of nitrogens with zero attached hydrogens (tertiary/aromatic N) is 4. The van der Waals surface area contributed by atoms with Crippen molar-refractivity contribution < 1.29 is 22.8 Å². The molecule has 0 unspecified atom stereocenters. The van der Waals surface area contributed by atoms with E-state index in [0.29, 0.717) is 17.8 Å². The maximum Gasteiger partial charge on any atom is 0.333 e. The fraction of sp³-hybridized carbons (Fsp3) is 0.316. The lowest BCUT2D eigenvalue weighted by molar-refractivity contribution is -0.150. The van der Waals surface area contributed by atoms with Crippen molar-refractivity contribution in [2.45, 2.75) is 17.7 Å². The molecule has 12 heteroatoms. The molecule has 1 aliphatic rings. The maximum absolute atomic E-state index is 13.3. The van der Waals surface area contributed by atoms with Crippen LogP contribution in [0.25, 0.3) is 6.08 Å². The zero-order valence-electron chi connectivity index (χ0n) is 17.2. The Morgan fingerprint density at radius 2 is 1.97 bits per heavy atom. The van der Waals surface area contributed by atoms with Gasteiger partial charge in [-0.2, -0.15) is 0 Å². The third-order valence-electron chi connectivity index (χ3n) is 4.34. The first-order valence-electron chi connectivity index (χ1n) is 9.11. The highest BCUT2D eigenvalue weighted by atomic mass is 35.5. The highest BCUT2D eigenvalue weighted by Crippen LogP contribution is 2.34. The number of carbonyl (C=O) groups excluding carboxylic acids is 2. The molecule has 0 N–H and O–H groups in total. The van der Waals surface area contributed by atoms with Crippen molar-refractivity contribution in [2.24, 2.45) is 0 Å². The minimum absolute atomic E-state index is 0. The fourth-order valence-electron chi connectivity index (χ4n) is 2.77. The number of rotatable bonds is 6. The summed E-state index contributed by atoms with van der Waals surface area (Å²) >= 11 is 1.21. The van der Waals surface area contributed by atoms with Gasteiger partial charge < -0.3 is 9.74 Å². The van der Waals surface area contributed by atoms with Gasteiger partial charge in [0, 0.05) is 24.5 Å². The van der Waals surface area contributed by atoms with Gasteiger partial charge in [-0.05, 0) is 56.7 Å². The molecule has 0 fully saturated rings. The molecule has 0 bridgehead atoms. The number of likely N-dealkylation sites (N-methyl/N-ethyl adjacent to an activating group) is 1. The molecule has 0 aliphatic carbocycles. The second-order valence-electron chi connectivity index (χ2n) is 6.81. The molecule has 0 radical (unpaired) electrons. The normalized spacial score (nSPS) is 14.3. The SMILES string of the molecule is CN(C)CCCC(=O)ON(C(=O)C1=Cc2sccc2S(=O)(=O)N1C)c1ccccn1.Cl. The number of pyridine rings is 1. The predicted octanol–water partition coefficient (Wildman–Crippen LogP) is 2.37. The Hall–Kier alpha value is -2.47. The monoisotopic (exact) mass is 486 g/mol. The molecule has 9 nitrogen and oxygen atoms in total. The largest absolute Gasteiger partial charge is 0.333 e. The number of carbonyl (C=O) groups is 2. The Balaban J connectivity index is 0.00000341. The van der Waals surface area contributed by atoms with Gasteiger partial charge in [0.2, 0.25) is 0 Å². The number of hydrogen-bond donors (Lipinski definition) is 0. The topological polar surface area (TPSA) is 100 Å². The van der Waals surface area contributed by atoms with Crippen LogP contribution in [0.1, 0.15) is 17.7 Å². The number of hydrogen-bond acceptors (Lipinski definition) is 8. The Morgan fingerprint density at radius 1 is 1.23 bits per heavy atom. The van der Waals surface area contributed by atoms with E-state index < -0.39 is 21.9 Å². The lowest BCUT2D eigenvalue weighted by Gasteiger charge is -2.28. The van der Waals surface area contributed by atoms with E-state index in [9.17, 15) is 18.0 Å². The third-order valence-corrected chi connectivity index (χ3v) is 7.17. The van der Waals surface area contributed by atoms with Gasteiger partial charge >= 0.3 is 11.9 Å². The van der Waals surface area contributed by atoms with Gasteiger partial charge in [0.25, 0.3) is 10.0 Å². The van der Waals surface area contributed by atoms with E-state index in [0.717, 1.165) is 9.37 Å². The summed E-state index contributed by atoms with van der Waals surface area (Å²) in [5, 5.41) is 2.38. The number of halogens is 1. The summed E-state index contributed by atoms with van der Waals surface area (Å²) in [6.07, 6.45) is 3.56. The van der Waals surface area contributed by atoms with Gasteiger partial charge in [0.15, 0.2) is 5.82 Å². The van der Waals surface area contributed by atoms with Gasteiger partial charge in [-0.1, -0.05) is 6.07 Å². The van der Waals surface area contributed by atoms with Crippen LogP contribution in [0.15, 0.2) is 46.4 Å². The molecule has 0 spiro atoms. The average molecular weight is 487 g/mol. The van der Waals surface area contributed by atoms with Crippen LogP contribution >= 0.6 is 23.7 Å². The van der Waals surface area contributed by atoms with Gasteiger partial charge in [-0.3, -0.25) is 9.10 Å². The summed E-state index contributed by atoms with van der Waals surface area (Å²) < 4.78 is 26.4. The quantitative estimate of drug-likeness (QED) is 0.578. The molecule has 2 aromatic rings. The fourth-order valence-corrected chi connectivity index (χ4v) is 5.27. The number of amides is 1. The Kier molecular flexibility index (Phi) is 8.18. The van der Waals surface area contributed by atoms with E-state index >= 15 is 0 Å². The first-order chi connectivity index (χ1) is 14.2. The summed E-state index contributed by atoms with van der Waals surface area (Å²) in [6, 6.07) is 6.28. The smallest absolute Gasteiger partial charge is 0.331 e. The van der Waals surface area contributed by atoms with Crippen molar-refractivity contribution in [1.29, 1.82) is 0 Å². The van der Waals surface area contributed by atoms with Gasteiger partial charge in [-0.25, -0.2) is 18.2 Å². The molecule has 0 saturated heterocycles. The second kappa shape index (κ2) is 10.2. The number of thiophene rings is 1. The van der Waals surface area contributed by atoms with E-state index in [1.54, 1.807) is 17.5 Å². The van der Waals surface area contributed by atoms with Crippen molar-refractivity contribution in [1.82, 2.24) is 14.2 Å². The highest BCUT2D eigenvalue weighted by molar-refractivity contribution is 7.89. The molecule has 2 aromatic heterocycles. The number of anilines is 1. The van der Waals surface area contributed by atoms with E-state index in [2.05, 4.69) is 4.98 Å². The second-order valence-corrected chi connectivity index (χ2v) is 9.69. The number of fused-ring (bicyclic) bond motifs is 1. The summed E-state index contributed by atoms with van der Waals surface area (Å²) in [5.41, 5.74) is -0.142. The molecule has 3 rings (SSSR count). The molecule has 0 saturated carbocycles. The van der Waals surface area contributed by atoms with Crippen molar-refractivity contribution >= 4 is 57.5 Å². The zero-order chi connectivity index (χ0) is 21.9. The minimum atomic E-state index is -3.88. The van der Waals surface area contributed by atoms with Crippen LogP contribution in [0.5, 0.6) is 0 Å². The van der Waals surface area contributed by atoms with Crippen LogP contribution in [0.4, 0.5) is 5.82 Å². The molecule has 31 heavy (non-hydrogen) atoms. The molecule has 0 aromatic carbocycles. The van der Waals surface area contributed by atoms with E-state index in [1.165, 1.54) is 42.8 Å². The van der Waals surface area contributed by atoms with Crippen LogP contribution in [0.2, 0.25) is 0 Å². The molecule has 1 amide bonds. The van der Waals surface area contributed by atoms with Gasteiger partial charge in [0.1, 0.15) is 10.6 Å². The predicted molar refractivity (Wildman–Crippen MR) is 120 cm³/mol. The molecule has 1 aliphatic heterocycles. The van der Waals surface area contributed by atoms with Gasteiger partial charge in [0.05, 0.1) is 0 Å². The summed E-state index contributed by atoms with van der Waals surface area (Å²) in [4.78, 5) is 37.5. The van der Waals surface area contributed by atoms with Crippen LogP contribution in [-0.2, 0) is 24.4 Å². The van der Waals surface area contributed by atoms with Gasteiger partial charge in [-0.15, -0.1) is 28.8 Å². The first-order valence-corrected chi connectivity index (χ1v) is 11.4. The van der Waals surface area contributed by atoms with Crippen LogP contribution in [0, 0.1) is 0 Å². The molecular weight excluding hydrogens is 464 g/mol. The minimum Gasteiger partial charge on any atom is -0.331 e. The summed E-state index contributed by atoms with van der Waals surface area (Å²) in [6.45, 7) is 0.680. The van der Waals surface area contributed by atoms with Crippen molar-refractivity contribution in [3.8, 4) is 0 Å². The van der Waals surface area contributed by atoms with E-state index in [4.69, 9.17) is 4.84 Å². The van der Waals surface area contributed by atoms with Crippen molar-refractivity contribution in [2.75, 3.05) is 32.8 Å². The molecular formula is C19H23ClN4O5S2. The lowest BCUT2D eigenvalue weighted by Crippen LogP contribution is -2.42. The number of sulfonamides is 1. The molecule has 168 valence electrons. The van der Waals surface area contributed by atoms with Crippen LogP contribution < -0.4 is 5.06 Å².